The van der Waals surface area contributed by atoms with Crippen LogP contribution in [0.5, 0.6) is 0 Å². The number of aliphatic carboxylic acids is 1. The van der Waals surface area contributed by atoms with Crippen LogP contribution in [0.3, 0.4) is 0 Å². The zero-order valence-corrected chi connectivity index (χ0v) is 17.2. The number of carbonyl (C=O) groups is 1. The molecule has 0 rings (SSSR count). The summed E-state index contributed by atoms with van der Waals surface area (Å²) in [6, 6.07) is 0. The molecule has 0 bridgehead atoms. The minimum absolute atomic E-state index is 1.19. The minimum Gasteiger partial charge on any atom is -0.479 e. The van der Waals surface area contributed by atoms with Crippen LogP contribution in [0.4, 0.5) is 0 Å². The quantitative estimate of drug-likeness (QED) is 0.317. The molecule has 0 aromatic rings. The van der Waals surface area contributed by atoms with Crippen molar-refractivity contribution in [3.8, 4) is 0 Å². The van der Waals surface area contributed by atoms with Gasteiger partial charge in [0.15, 0.2) is 0 Å². The molecule has 0 aromatic heterocycles. The molecule has 0 aliphatic heterocycles. The van der Waals surface area contributed by atoms with E-state index in [0.717, 1.165) is 0 Å². The highest BCUT2D eigenvalue weighted by Crippen LogP contribution is 2.13. The first-order chi connectivity index (χ1) is 11.6. The summed E-state index contributed by atoms with van der Waals surface area (Å²) in [4.78, 5) is 9.45. The van der Waals surface area contributed by atoms with Gasteiger partial charge in [0.2, 0.25) is 0 Å². The number of carboxylic acids is 1. The smallest absolute Gasteiger partial charge is 0.332 e. The largest absolute Gasteiger partial charge is 0.479 e. The van der Waals surface area contributed by atoms with Crippen molar-refractivity contribution in [1.82, 2.24) is 0 Å². The Hall–Kier alpha value is -0.220. The predicted octanol–water partition coefficient (Wildman–Crippen LogP) is 6.28. The molecule has 2 N–H and O–H groups in total. The van der Waals surface area contributed by atoms with Crippen molar-refractivity contribution in [2.45, 2.75) is 110 Å². The number of thioether (sulfide) groups is 1. The highest BCUT2D eigenvalue weighted by atomic mass is 32.2. The number of hydrogen-bond acceptors (Lipinski definition) is 3. The molecule has 1 unspecified atom stereocenters. The van der Waals surface area contributed by atoms with Crippen molar-refractivity contribution >= 4 is 17.7 Å². The average Bonchev–Trinajstić information content (AvgIpc) is 2.55. The number of rotatable bonds is 16. The molecule has 1 atom stereocenters. The van der Waals surface area contributed by atoms with Crippen LogP contribution in [0.1, 0.15) is 104 Å². The highest BCUT2D eigenvalue weighted by Gasteiger charge is 2.01. The summed E-state index contributed by atoms with van der Waals surface area (Å²) in [7, 11) is 0. The fourth-order valence-corrected chi connectivity index (χ4v) is 2.93. The maximum Gasteiger partial charge on any atom is 0.332 e. The molecule has 0 radical (unpaired) electrons. The summed E-state index contributed by atoms with van der Waals surface area (Å²) < 4.78 is 0. The van der Waals surface area contributed by atoms with Crippen LogP contribution in [0.15, 0.2) is 0 Å². The monoisotopic (exact) mass is 362 g/mol. The molecule has 3 nitrogen and oxygen atoms in total. The third-order valence-corrected chi connectivity index (χ3v) is 4.76. The van der Waals surface area contributed by atoms with Crippen LogP contribution < -0.4 is 0 Å². The zero-order chi connectivity index (χ0) is 18.5. The third kappa shape index (κ3) is 26.7. The molecule has 0 aromatic carbocycles. The van der Waals surface area contributed by atoms with E-state index in [1.807, 2.05) is 11.8 Å². The van der Waals surface area contributed by atoms with Crippen LogP contribution in [0, 0.1) is 0 Å². The van der Waals surface area contributed by atoms with Crippen molar-refractivity contribution in [3.63, 3.8) is 0 Å². The molecule has 0 heterocycles. The van der Waals surface area contributed by atoms with Crippen molar-refractivity contribution in [3.05, 3.63) is 0 Å². The number of aliphatic hydroxyl groups excluding tert-OH is 1. The van der Waals surface area contributed by atoms with Crippen LogP contribution in [-0.4, -0.2) is 34.3 Å². The number of hydrogen-bond donors (Lipinski definition) is 2. The van der Waals surface area contributed by atoms with E-state index in [4.69, 9.17) is 10.2 Å². The number of aliphatic hydroxyl groups is 1. The van der Waals surface area contributed by atoms with Gasteiger partial charge in [-0.25, -0.2) is 4.79 Å². The summed E-state index contributed by atoms with van der Waals surface area (Å²) >= 11 is 1.99. The molecule has 0 aliphatic rings. The van der Waals surface area contributed by atoms with Gasteiger partial charge in [-0.05, 0) is 25.4 Å². The molecule has 4 heteroatoms. The van der Waals surface area contributed by atoms with Gasteiger partial charge in [0.25, 0.3) is 0 Å². The zero-order valence-electron chi connectivity index (χ0n) is 16.4. The second kappa shape index (κ2) is 22.8. The average molecular weight is 363 g/mol. The van der Waals surface area contributed by atoms with E-state index in [2.05, 4.69) is 13.2 Å². The standard InChI is InChI=1S/C17H36S.C3H6O3/c1-3-4-5-6-7-8-9-10-11-12-13-14-15-16-17-18-2;1-2(4)3(5)6/h3-17H2,1-2H3;2,4H,1H3,(H,5,6). The Morgan fingerprint density at radius 2 is 1.08 bits per heavy atom. The fourth-order valence-electron chi connectivity index (χ4n) is 2.44. The molecule has 0 amide bonds. The van der Waals surface area contributed by atoms with E-state index in [-0.39, 0.29) is 0 Å². The van der Waals surface area contributed by atoms with Gasteiger partial charge in [-0.15, -0.1) is 0 Å². The van der Waals surface area contributed by atoms with E-state index in [1.165, 1.54) is 103 Å². The van der Waals surface area contributed by atoms with Gasteiger partial charge in [0.05, 0.1) is 0 Å². The van der Waals surface area contributed by atoms with E-state index in [9.17, 15) is 4.79 Å². The molecule has 0 aliphatic carbocycles. The molecular weight excluding hydrogens is 320 g/mol. The lowest BCUT2D eigenvalue weighted by atomic mass is 10.0. The Morgan fingerprint density at radius 1 is 0.792 bits per heavy atom. The van der Waals surface area contributed by atoms with E-state index in [0.29, 0.717) is 0 Å². The Bertz CT molecular complexity index is 229. The van der Waals surface area contributed by atoms with E-state index < -0.39 is 12.1 Å². The summed E-state index contributed by atoms with van der Waals surface area (Å²) in [5.74, 6) is 0.174. The van der Waals surface area contributed by atoms with E-state index >= 15 is 0 Å². The van der Waals surface area contributed by atoms with Gasteiger partial charge in [0, 0.05) is 0 Å². The Balaban J connectivity index is 0. The summed E-state index contributed by atoms with van der Waals surface area (Å²) in [6.45, 7) is 3.49. The van der Waals surface area contributed by atoms with Gasteiger partial charge in [-0.3, -0.25) is 0 Å². The van der Waals surface area contributed by atoms with Crippen molar-refractivity contribution < 1.29 is 15.0 Å². The minimum atomic E-state index is -1.23. The maximum atomic E-state index is 9.45. The molecule has 24 heavy (non-hydrogen) atoms. The van der Waals surface area contributed by atoms with Crippen LogP contribution in [0.2, 0.25) is 0 Å². The van der Waals surface area contributed by atoms with Gasteiger partial charge in [-0.1, -0.05) is 90.4 Å². The van der Waals surface area contributed by atoms with Crippen LogP contribution in [-0.2, 0) is 4.79 Å². The Kier molecular flexibility index (Phi) is 24.7. The lowest BCUT2D eigenvalue weighted by Crippen LogP contribution is -2.13. The van der Waals surface area contributed by atoms with Crippen LogP contribution in [0.25, 0.3) is 0 Å². The molecule has 0 saturated heterocycles. The third-order valence-electron chi connectivity index (χ3n) is 4.06. The molecular formula is C20H42O3S. The second-order valence-electron chi connectivity index (χ2n) is 6.60. The van der Waals surface area contributed by atoms with Crippen molar-refractivity contribution in [2.75, 3.05) is 12.0 Å². The van der Waals surface area contributed by atoms with Gasteiger partial charge in [-0.2, -0.15) is 11.8 Å². The molecule has 0 saturated carbocycles. The number of carboxylic acid groups (broad SMARTS) is 1. The number of unbranched alkanes of at least 4 members (excludes halogenated alkanes) is 13. The molecule has 0 fully saturated rings. The SMILES string of the molecule is CC(O)C(=O)O.CCCCCCCCCCCCCCCCSC. The highest BCUT2D eigenvalue weighted by molar-refractivity contribution is 7.98. The summed E-state index contributed by atoms with van der Waals surface area (Å²) in [5, 5.41) is 15.8. The molecule has 146 valence electrons. The van der Waals surface area contributed by atoms with Gasteiger partial charge < -0.3 is 10.2 Å². The first-order valence-electron chi connectivity index (χ1n) is 9.96. The lowest BCUT2D eigenvalue weighted by Gasteiger charge is -2.02. The fraction of sp³-hybridized carbons (Fsp3) is 0.950. The first-order valence-corrected chi connectivity index (χ1v) is 11.3. The van der Waals surface area contributed by atoms with Crippen molar-refractivity contribution in [2.24, 2.45) is 0 Å². The summed E-state index contributed by atoms with van der Waals surface area (Å²) in [6.07, 6.45) is 21.5. The van der Waals surface area contributed by atoms with Crippen LogP contribution >= 0.6 is 11.8 Å². The first kappa shape index (κ1) is 26.0. The van der Waals surface area contributed by atoms with Crippen molar-refractivity contribution in [1.29, 1.82) is 0 Å². The lowest BCUT2D eigenvalue weighted by molar-refractivity contribution is -0.145. The Morgan fingerprint density at radius 3 is 1.33 bits per heavy atom. The predicted molar refractivity (Wildman–Crippen MR) is 108 cm³/mol. The maximum absolute atomic E-state index is 9.45. The van der Waals surface area contributed by atoms with Gasteiger partial charge in [0.1, 0.15) is 6.10 Å². The van der Waals surface area contributed by atoms with E-state index in [1.54, 1.807) is 0 Å². The summed E-state index contributed by atoms with van der Waals surface area (Å²) in [5.41, 5.74) is 0. The molecule has 0 spiro atoms. The second-order valence-corrected chi connectivity index (χ2v) is 7.59. The normalized spacial score (nSPS) is 11.7. The topological polar surface area (TPSA) is 57.5 Å². The Labute approximate surface area is 155 Å². The van der Waals surface area contributed by atoms with Gasteiger partial charge >= 0.3 is 5.97 Å².